The van der Waals surface area contributed by atoms with E-state index in [-0.39, 0.29) is 17.1 Å². The van der Waals surface area contributed by atoms with Crippen LogP contribution in [-0.2, 0) is 4.74 Å². The highest BCUT2D eigenvalue weighted by molar-refractivity contribution is 4.89. The highest BCUT2D eigenvalue weighted by Crippen LogP contribution is 2.29. The van der Waals surface area contributed by atoms with E-state index in [9.17, 15) is 5.11 Å². The lowest BCUT2D eigenvalue weighted by atomic mass is 9.81. The van der Waals surface area contributed by atoms with Crippen LogP contribution in [0.5, 0.6) is 0 Å². The highest BCUT2D eigenvalue weighted by Gasteiger charge is 2.34. The predicted octanol–water partition coefficient (Wildman–Crippen LogP) is 1.87. The molecule has 0 aromatic heterocycles. The quantitative estimate of drug-likeness (QED) is 0.750. The van der Waals surface area contributed by atoms with Gasteiger partial charge in [0.15, 0.2) is 0 Å². The number of ether oxygens (including phenoxy) is 1. The molecule has 1 rings (SSSR count). The molecule has 0 saturated carbocycles. The molecule has 1 heterocycles. The van der Waals surface area contributed by atoms with Gasteiger partial charge in [-0.25, -0.2) is 0 Å². The minimum atomic E-state index is -0.219. The van der Waals surface area contributed by atoms with Crippen molar-refractivity contribution in [2.45, 2.75) is 58.6 Å². The van der Waals surface area contributed by atoms with Crippen molar-refractivity contribution in [3.63, 3.8) is 0 Å². The molecule has 4 nitrogen and oxygen atoms in total. The molecular formula is C16H34N2O2. The van der Waals surface area contributed by atoms with Gasteiger partial charge in [0.05, 0.1) is 12.7 Å². The Hall–Kier alpha value is -0.160. The first kappa shape index (κ1) is 17.9. The zero-order valence-corrected chi connectivity index (χ0v) is 14.0. The average Bonchev–Trinajstić information content (AvgIpc) is 2.34. The average molecular weight is 286 g/mol. The molecule has 1 fully saturated rings. The molecule has 1 saturated heterocycles. The summed E-state index contributed by atoms with van der Waals surface area (Å²) in [4.78, 5) is 2.34. The lowest BCUT2D eigenvalue weighted by Crippen LogP contribution is -2.52. The lowest BCUT2D eigenvalue weighted by molar-refractivity contribution is -0.0263. The second kappa shape index (κ2) is 7.74. The summed E-state index contributed by atoms with van der Waals surface area (Å²) >= 11 is 0. The Bertz CT molecular complexity index is 268. The molecule has 120 valence electrons. The van der Waals surface area contributed by atoms with E-state index in [1.165, 1.54) is 6.42 Å². The molecule has 1 aliphatic rings. The van der Waals surface area contributed by atoms with E-state index in [1.807, 2.05) is 6.92 Å². The van der Waals surface area contributed by atoms with Crippen LogP contribution in [0.1, 0.15) is 47.0 Å². The molecule has 2 N–H and O–H groups in total. The third-order valence-corrected chi connectivity index (χ3v) is 3.93. The zero-order chi connectivity index (χ0) is 15.2. The largest absolute Gasteiger partial charge is 0.393 e. The van der Waals surface area contributed by atoms with E-state index < -0.39 is 0 Å². The lowest BCUT2D eigenvalue weighted by Gasteiger charge is -2.42. The summed E-state index contributed by atoms with van der Waals surface area (Å²) in [6.45, 7) is 13.2. The normalized spacial score (nSPS) is 25.9. The van der Waals surface area contributed by atoms with E-state index in [0.717, 1.165) is 45.7 Å². The van der Waals surface area contributed by atoms with Crippen LogP contribution in [0.2, 0.25) is 0 Å². The van der Waals surface area contributed by atoms with Gasteiger partial charge in [0, 0.05) is 37.2 Å². The Balaban J connectivity index is 2.54. The summed E-state index contributed by atoms with van der Waals surface area (Å²) in [5.74, 6) is 0. The third-order valence-electron chi connectivity index (χ3n) is 3.93. The summed E-state index contributed by atoms with van der Waals surface area (Å²) < 4.78 is 5.76. The molecule has 0 aromatic rings. The molecule has 0 aliphatic carbocycles. The highest BCUT2D eigenvalue weighted by atomic mass is 16.5. The molecule has 0 spiro atoms. The molecule has 4 heteroatoms. The van der Waals surface area contributed by atoms with Crippen LogP contribution < -0.4 is 5.32 Å². The standard InChI is InChI=1S/C16H34N2O2/c1-14(19)7-9-18(5)12-16(8-6-10-20-13-16)11-17-15(2,3)4/h14,17,19H,6-13H2,1-5H3. The van der Waals surface area contributed by atoms with E-state index in [1.54, 1.807) is 0 Å². The van der Waals surface area contributed by atoms with Gasteiger partial charge in [-0.1, -0.05) is 0 Å². The maximum atomic E-state index is 9.42. The minimum Gasteiger partial charge on any atom is -0.393 e. The van der Waals surface area contributed by atoms with Gasteiger partial charge >= 0.3 is 0 Å². The van der Waals surface area contributed by atoms with Gasteiger partial charge in [0.2, 0.25) is 0 Å². The first-order valence-corrected chi connectivity index (χ1v) is 7.92. The van der Waals surface area contributed by atoms with Gasteiger partial charge in [-0.2, -0.15) is 0 Å². The van der Waals surface area contributed by atoms with Crippen LogP contribution in [0.25, 0.3) is 0 Å². The summed E-state index contributed by atoms with van der Waals surface area (Å²) in [7, 11) is 2.15. The Kier molecular flexibility index (Phi) is 6.92. The molecule has 1 aliphatic heterocycles. The van der Waals surface area contributed by atoms with E-state index in [2.05, 4.69) is 38.0 Å². The van der Waals surface area contributed by atoms with E-state index in [0.29, 0.717) is 0 Å². The van der Waals surface area contributed by atoms with Crippen molar-refractivity contribution in [1.82, 2.24) is 10.2 Å². The van der Waals surface area contributed by atoms with Gasteiger partial charge in [-0.3, -0.25) is 0 Å². The van der Waals surface area contributed by atoms with Gasteiger partial charge in [-0.05, 0) is 54.0 Å². The van der Waals surface area contributed by atoms with Crippen LogP contribution in [0.15, 0.2) is 0 Å². The molecule has 2 atom stereocenters. The molecule has 0 bridgehead atoms. The van der Waals surface area contributed by atoms with Crippen molar-refractivity contribution < 1.29 is 9.84 Å². The first-order valence-electron chi connectivity index (χ1n) is 7.92. The van der Waals surface area contributed by atoms with Gasteiger partial charge in [0.25, 0.3) is 0 Å². The van der Waals surface area contributed by atoms with Crippen LogP contribution in [0, 0.1) is 5.41 Å². The first-order chi connectivity index (χ1) is 9.22. The number of aliphatic hydroxyl groups is 1. The Labute approximate surface area is 124 Å². The fourth-order valence-electron chi connectivity index (χ4n) is 2.74. The maximum Gasteiger partial charge on any atom is 0.0546 e. The number of aliphatic hydroxyl groups excluding tert-OH is 1. The number of nitrogens with zero attached hydrogens (tertiary/aromatic N) is 1. The molecule has 0 aromatic carbocycles. The molecule has 0 amide bonds. The van der Waals surface area contributed by atoms with Crippen LogP contribution in [0.4, 0.5) is 0 Å². The third kappa shape index (κ3) is 7.02. The molecule has 0 radical (unpaired) electrons. The Morgan fingerprint density at radius 3 is 2.60 bits per heavy atom. The molecule has 20 heavy (non-hydrogen) atoms. The monoisotopic (exact) mass is 286 g/mol. The predicted molar refractivity (Wildman–Crippen MR) is 84.0 cm³/mol. The number of hydrogen-bond acceptors (Lipinski definition) is 4. The Morgan fingerprint density at radius 2 is 2.10 bits per heavy atom. The second-order valence-corrected chi connectivity index (χ2v) is 7.64. The fraction of sp³-hybridized carbons (Fsp3) is 1.00. The van der Waals surface area contributed by atoms with Crippen molar-refractivity contribution in [2.24, 2.45) is 5.41 Å². The zero-order valence-electron chi connectivity index (χ0n) is 14.0. The fourth-order valence-corrected chi connectivity index (χ4v) is 2.74. The summed E-state index contributed by atoms with van der Waals surface area (Å²) in [5, 5.41) is 13.1. The number of nitrogens with one attached hydrogen (secondary N) is 1. The summed E-state index contributed by atoms with van der Waals surface area (Å²) in [6, 6.07) is 0. The van der Waals surface area contributed by atoms with Crippen molar-refractivity contribution >= 4 is 0 Å². The number of hydrogen-bond donors (Lipinski definition) is 2. The van der Waals surface area contributed by atoms with Crippen LogP contribution in [0.3, 0.4) is 0 Å². The minimum absolute atomic E-state index is 0.141. The number of rotatable bonds is 7. The van der Waals surface area contributed by atoms with Crippen LogP contribution >= 0.6 is 0 Å². The van der Waals surface area contributed by atoms with Gasteiger partial charge in [-0.15, -0.1) is 0 Å². The topological polar surface area (TPSA) is 44.7 Å². The van der Waals surface area contributed by atoms with Crippen molar-refractivity contribution in [2.75, 3.05) is 39.9 Å². The maximum absolute atomic E-state index is 9.42. The second-order valence-electron chi connectivity index (χ2n) is 7.64. The van der Waals surface area contributed by atoms with Gasteiger partial charge < -0.3 is 20.1 Å². The van der Waals surface area contributed by atoms with Crippen LogP contribution in [-0.4, -0.2) is 61.5 Å². The molecular weight excluding hydrogens is 252 g/mol. The van der Waals surface area contributed by atoms with Crippen molar-refractivity contribution in [3.05, 3.63) is 0 Å². The Morgan fingerprint density at radius 1 is 1.40 bits per heavy atom. The van der Waals surface area contributed by atoms with Crippen molar-refractivity contribution in [3.8, 4) is 0 Å². The smallest absolute Gasteiger partial charge is 0.0546 e. The van der Waals surface area contributed by atoms with E-state index in [4.69, 9.17) is 4.74 Å². The molecule has 2 unspecified atom stereocenters. The summed E-state index contributed by atoms with van der Waals surface area (Å²) in [5.41, 5.74) is 0.349. The van der Waals surface area contributed by atoms with Crippen molar-refractivity contribution in [1.29, 1.82) is 0 Å². The van der Waals surface area contributed by atoms with E-state index >= 15 is 0 Å². The van der Waals surface area contributed by atoms with Gasteiger partial charge in [0.1, 0.15) is 0 Å². The SMILES string of the molecule is CC(O)CCN(C)CC1(CNC(C)(C)C)CCCOC1. The summed E-state index contributed by atoms with van der Waals surface area (Å²) in [6.07, 6.45) is 2.98.